The highest BCUT2D eigenvalue weighted by atomic mass is 79.9. The Kier molecular flexibility index (Phi) is 2.18. The van der Waals surface area contributed by atoms with Gasteiger partial charge in [0.25, 0.3) is 0 Å². The van der Waals surface area contributed by atoms with Crippen LogP contribution in [0.1, 0.15) is 5.56 Å². The Balaban J connectivity index is 2.51. The lowest BCUT2D eigenvalue weighted by molar-refractivity contribution is 0.173. The molecule has 1 aliphatic heterocycles. The zero-order valence-electron chi connectivity index (χ0n) is 6.62. The van der Waals surface area contributed by atoms with Crippen molar-refractivity contribution in [1.82, 2.24) is 0 Å². The molecular weight excluding hydrogens is 238 g/mol. The number of halogens is 1. The minimum Gasteiger partial charge on any atom is -0.454 e. The number of hydrogen-bond acceptors (Lipinski definition) is 4. The molecule has 0 aliphatic carbocycles. The first-order valence-electron chi connectivity index (χ1n) is 3.69. The van der Waals surface area contributed by atoms with Crippen molar-refractivity contribution in [3.8, 4) is 11.5 Å². The van der Waals surface area contributed by atoms with Crippen molar-refractivity contribution in [3.05, 3.63) is 27.1 Å². The van der Waals surface area contributed by atoms with Gasteiger partial charge in [0, 0.05) is 10.0 Å². The molecule has 0 radical (unpaired) electrons. The van der Waals surface area contributed by atoms with Crippen molar-refractivity contribution >= 4 is 15.9 Å². The van der Waals surface area contributed by atoms with Crippen LogP contribution in [0.3, 0.4) is 0 Å². The third-order valence-corrected chi connectivity index (χ3v) is 2.55. The van der Waals surface area contributed by atoms with Gasteiger partial charge in [0.2, 0.25) is 6.79 Å². The van der Waals surface area contributed by atoms with E-state index >= 15 is 0 Å². The molecule has 0 bridgehead atoms. The molecule has 0 aromatic heterocycles. The van der Waals surface area contributed by atoms with Crippen LogP contribution in [0.4, 0.5) is 0 Å². The van der Waals surface area contributed by atoms with E-state index in [2.05, 4.69) is 21.1 Å². The number of nitroso groups, excluding NO2 is 1. The zero-order valence-corrected chi connectivity index (χ0v) is 8.20. The van der Waals surface area contributed by atoms with Crippen LogP contribution >= 0.6 is 15.9 Å². The summed E-state index contributed by atoms with van der Waals surface area (Å²) < 4.78 is 11.2. The summed E-state index contributed by atoms with van der Waals surface area (Å²) in [7, 11) is 0. The zero-order chi connectivity index (χ0) is 9.26. The molecule has 0 amide bonds. The number of nitrogens with zero attached hydrogens (tertiary/aromatic N) is 1. The lowest BCUT2D eigenvalue weighted by atomic mass is 10.2. The highest BCUT2D eigenvalue weighted by molar-refractivity contribution is 9.10. The molecule has 1 aromatic carbocycles. The molecule has 1 aliphatic rings. The minimum absolute atomic E-state index is 0.0904. The number of benzene rings is 1. The van der Waals surface area contributed by atoms with Crippen molar-refractivity contribution in [2.45, 2.75) is 6.54 Å². The van der Waals surface area contributed by atoms with Gasteiger partial charge < -0.3 is 9.47 Å². The van der Waals surface area contributed by atoms with Gasteiger partial charge in [-0.3, -0.25) is 0 Å². The molecule has 13 heavy (non-hydrogen) atoms. The van der Waals surface area contributed by atoms with Crippen molar-refractivity contribution in [2.75, 3.05) is 6.79 Å². The SMILES string of the molecule is O=NCc1c(Br)ccc2c1OCO2. The molecule has 0 unspecified atom stereocenters. The average Bonchev–Trinajstić information content (AvgIpc) is 2.58. The van der Waals surface area contributed by atoms with Gasteiger partial charge in [0.1, 0.15) is 6.54 Å². The Hall–Kier alpha value is -1.10. The van der Waals surface area contributed by atoms with Crippen LogP contribution < -0.4 is 9.47 Å². The van der Waals surface area contributed by atoms with Crippen LogP contribution in [-0.4, -0.2) is 6.79 Å². The van der Waals surface area contributed by atoms with Crippen LogP contribution in [-0.2, 0) is 6.54 Å². The molecule has 5 heteroatoms. The first kappa shape index (κ1) is 8.50. The van der Waals surface area contributed by atoms with E-state index in [1.807, 2.05) is 6.07 Å². The molecule has 68 valence electrons. The normalized spacial score (nSPS) is 13.0. The molecular formula is C8H6BrNO3. The lowest BCUT2D eigenvalue weighted by Crippen LogP contribution is -1.94. The standard InChI is InChI=1S/C8H6BrNO3/c9-6-1-2-7-8(13-4-12-7)5(6)3-10-11/h1-2H,3-4H2. The summed E-state index contributed by atoms with van der Waals surface area (Å²) in [6.07, 6.45) is 0. The maximum Gasteiger partial charge on any atom is 0.231 e. The topological polar surface area (TPSA) is 47.9 Å². The second-order valence-corrected chi connectivity index (χ2v) is 3.40. The molecule has 0 atom stereocenters. The smallest absolute Gasteiger partial charge is 0.231 e. The molecule has 1 heterocycles. The van der Waals surface area contributed by atoms with Crippen LogP contribution in [0.15, 0.2) is 21.8 Å². The Morgan fingerprint density at radius 2 is 2.31 bits per heavy atom. The van der Waals surface area contributed by atoms with Gasteiger partial charge in [-0.05, 0) is 12.1 Å². The van der Waals surface area contributed by atoms with Crippen molar-refractivity contribution in [1.29, 1.82) is 0 Å². The largest absolute Gasteiger partial charge is 0.454 e. The summed E-state index contributed by atoms with van der Waals surface area (Å²) >= 11 is 3.32. The summed E-state index contributed by atoms with van der Waals surface area (Å²) in [6, 6.07) is 3.61. The second kappa shape index (κ2) is 3.33. The third-order valence-electron chi connectivity index (χ3n) is 1.81. The van der Waals surface area contributed by atoms with Gasteiger partial charge in [-0.15, -0.1) is 0 Å². The van der Waals surface area contributed by atoms with E-state index in [1.54, 1.807) is 6.07 Å². The Morgan fingerprint density at radius 3 is 3.08 bits per heavy atom. The fourth-order valence-electron chi connectivity index (χ4n) is 1.22. The van der Waals surface area contributed by atoms with Crippen LogP contribution in [0, 0.1) is 4.91 Å². The van der Waals surface area contributed by atoms with Crippen molar-refractivity contribution in [3.63, 3.8) is 0 Å². The van der Waals surface area contributed by atoms with Crippen LogP contribution in [0.2, 0.25) is 0 Å². The number of fused-ring (bicyclic) bond motifs is 1. The molecule has 0 saturated heterocycles. The maximum atomic E-state index is 10.2. The molecule has 1 aromatic rings. The minimum atomic E-state index is 0.0904. The fraction of sp³-hybridized carbons (Fsp3) is 0.250. The van der Waals surface area contributed by atoms with Gasteiger partial charge in [0.05, 0.1) is 0 Å². The predicted octanol–water partition coefficient (Wildman–Crippen LogP) is 2.44. The van der Waals surface area contributed by atoms with Crippen LogP contribution in [0.5, 0.6) is 11.5 Å². The molecule has 4 nitrogen and oxygen atoms in total. The van der Waals surface area contributed by atoms with E-state index in [9.17, 15) is 4.91 Å². The number of rotatable bonds is 2. The van der Waals surface area contributed by atoms with Gasteiger partial charge >= 0.3 is 0 Å². The van der Waals surface area contributed by atoms with E-state index in [0.717, 1.165) is 10.0 Å². The van der Waals surface area contributed by atoms with E-state index in [-0.39, 0.29) is 13.3 Å². The summed E-state index contributed by atoms with van der Waals surface area (Å²) in [5, 5.41) is 2.83. The number of hydrogen-bond donors (Lipinski definition) is 0. The van der Waals surface area contributed by atoms with Gasteiger partial charge in [-0.25, -0.2) is 0 Å². The summed E-state index contributed by atoms with van der Waals surface area (Å²) in [5.74, 6) is 1.29. The fourth-order valence-corrected chi connectivity index (χ4v) is 1.66. The highest BCUT2D eigenvalue weighted by Crippen LogP contribution is 2.39. The monoisotopic (exact) mass is 243 g/mol. The molecule has 0 saturated carbocycles. The first-order valence-corrected chi connectivity index (χ1v) is 4.48. The Morgan fingerprint density at radius 1 is 1.46 bits per heavy atom. The number of ether oxygens (including phenoxy) is 2. The van der Waals surface area contributed by atoms with Gasteiger partial charge in [-0.1, -0.05) is 21.1 Å². The van der Waals surface area contributed by atoms with E-state index in [1.165, 1.54) is 0 Å². The molecule has 0 N–H and O–H groups in total. The van der Waals surface area contributed by atoms with E-state index < -0.39 is 0 Å². The molecule has 0 fully saturated rings. The summed E-state index contributed by atoms with van der Waals surface area (Å²) in [6.45, 7) is 0.296. The van der Waals surface area contributed by atoms with Gasteiger partial charge in [-0.2, -0.15) is 4.91 Å². The predicted molar refractivity (Wildman–Crippen MR) is 49.8 cm³/mol. The Bertz CT molecular complexity index is 353. The van der Waals surface area contributed by atoms with Crippen molar-refractivity contribution in [2.24, 2.45) is 5.18 Å². The lowest BCUT2D eigenvalue weighted by Gasteiger charge is -2.03. The van der Waals surface area contributed by atoms with Crippen molar-refractivity contribution < 1.29 is 9.47 Å². The third kappa shape index (κ3) is 1.39. The first-order chi connectivity index (χ1) is 6.33. The second-order valence-electron chi connectivity index (χ2n) is 2.55. The van der Waals surface area contributed by atoms with E-state index in [0.29, 0.717) is 11.5 Å². The summed E-state index contributed by atoms with van der Waals surface area (Å²) in [5.41, 5.74) is 0.741. The van der Waals surface area contributed by atoms with Crippen LogP contribution in [0.25, 0.3) is 0 Å². The average molecular weight is 244 g/mol. The highest BCUT2D eigenvalue weighted by Gasteiger charge is 2.19. The Labute approximate surface area is 82.9 Å². The maximum absolute atomic E-state index is 10.2. The van der Waals surface area contributed by atoms with Gasteiger partial charge in [0.15, 0.2) is 11.5 Å². The molecule has 0 spiro atoms. The summed E-state index contributed by atoms with van der Waals surface area (Å²) in [4.78, 5) is 10.2. The quantitative estimate of drug-likeness (QED) is 0.750. The van der Waals surface area contributed by atoms with E-state index in [4.69, 9.17) is 9.47 Å². The molecule has 2 rings (SSSR count).